The van der Waals surface area contributed by atoms with Crippen LogP contribution in [0.4, 0.5) is 4.39 Å². The third-order valence-corrected chi connectivity index (χ3v) is 6.03. The second kappa shape index (κ2) is 8.05. The van der Waals surface area contributed by atoms with Gasteiger partial charge >= 0.3 is 0 Å². The molecule has 3 heterocycles. The van der Waals surface area contributed by atoms with E-state index in [1.54, 1.807) is 0 Å². The first kappa shape index (κ1) is 18.5. The molecule has 1 N–H and O–H groups in total. The summed E-state index contributed by atoms with van der Waals surface area (Å²) in [7, 11) is 0. The number of rotatable bonds is 4. The van der Waals surface area contributed by atoms with Crippen molar-refractivity contribution in [1.29, 1.82) is 0 Å². The summed E-state index contributed by atoms with van der Waals surface area (Å²) in [5.74, 6) is 2.02. The van der Waals surface area contributed by atoms with Crippen molar-refractivity contribution in [3.8, 4) is 11.1 Å². The van der Waals surface area contributed by atoms with Gasteiger partial charge in [-0.15, -0.1) is 10.2 Å². The van der Waals surface area contributed by atoms with Crippen molar-refractivity contribution in [2.45, 2.75) is 38.4 Å². The van der Waals surface area contributed by atoms with Crippen LogP contribution in [0, 0.1) is 5.82 Å². The lowest BCUT2D eigenvalue weighted by atomic mass is 10.0. The van der Waals surface area contributed by atoms with Crippen molar-refractivity contribution < 1.29 is 4.39 Å². The SMILES string of the molecule is Fc1ccc(-c2cccc(CN3CCc4nnc([C@@H]5CCCN5)n4CC3)c2)cc1. The number of nitrogens with zero attached hydrogens (tertiary/aromatic N) is 4. The van der Waals surface area contributed by atoms with Crippen LogP contribution in [0.25, 0.3) is 11.1 Å². The number of hydrogen-bond acceptors (Lipinski definition) is 4. The minimum absolute atomic E-state index is 0.200. The molecule has 2 aromatic carbocycles. The lowest BCUT2D eigenvalue weighted by molar-refractivity contribution is 0.269. The van der Waals surface area contributed by atoms with E-state index in [0.29, 0.717) is 6.04 Å². The summed E-state index contributed by atoms with van der Waals surface area (Å²) in [6, 6.07) is 15.6. The van der Waals surface area contributed by atoms with E-state index in [4.69, 9.17) is 0 Å². The van der Waals surface area contributed by atoms with Gasteiger partial charge in [0.25, 0.3) is 0 Å². The molecule has 0 bridgehead atoms. The average Bonchev–Trinajstić information content (AvgIpc) is 3.36. The second-order valence-corrected chi connectivity index (χ2v) is 8.01. The smallest absolute Gasteiger partial charge is 0.150 e. The molecule has 1 saturated heterocycles. The number of halogens is 1. The van der Waals surface area contributed by atoms with E-state index in [-0.39, 0.29) is 5.82 Å². The molecule has 0 amide bonds. The zero-order chi connectivity index (χ0) is 19.6. The van der Waals surface area contributed by atoms with Crippen LogP contribution in [-0.2, 0) is 19.5 Å². The molecule has 150 valence electrons. The molecule has 5 nitrogen and oxygen atoms in total. The molecule has 0 saturated carbocycles. The molecule has 0 spiro atoms. The van der Waals surface area contributed by atoms with Gasteiger partial charge in [0.15, 0.2) is 0 Å². The largest absolute Gasteiger partial charge is 0.312 e. The molecule has 3 aromatic rings. The Morgan fingerprint density at radius 1 is 1.00 bits per heavy atom. The molecule has 5 rings (SSSR count). The Hall–Kier alpha value is -2.57. The fourth-order valence-electron chi connectivity index (χ4n) is 4.46. The van der Waals surface area contributed by atoms with Crippen LogP contribution in [0.5, 0.6) is 0 Å². The Morgan fingerprint density at radius 3 is 2.72 bits per heavy atom. The Morgan fingerprint density at radius 2 is 1.90 bits per heavy atom. The van der Waals surface area contributed by atoms with Gasteiger partial charge in [-0.05, 0) is 54.3 Å². The standard InChI is InChI=1S/C23H26FN5/c24-20-8-6-18(7-9-20)19-4-1-3-17(15-19)16-28-12-10-22-26-27-23(29(22)14-13-28)21-5-2-11-25-21/h1,3-4,6-9,15,21,25H,2,5,10-14,16H2/t21-/m0/s1. The maximum Gasteiger partial charge on any atom is 0.150 e. The first-order valence-corrected chi connectivity index (χ1v) is 10.5. The summed E-state index contributed by atoms with van der Waals surface area (Å²) >= 11 is 0. The van der Waals surface area contributed by atoms with E-state index in [1.807, 2.05) is 12.1 Å². The lowest BCUT2D eigenvalue weighted by Gasteiger charge is -2.20. The third-order valence-electron chi connectivity index (χ3n) is 6.03. The van der Waals surface area contributed by atoms with Crippen molar-refractivity contribution >= 4 is 0 Å². The maximum atomic E-state index is 13.2. The molecule has 0 aliphatic carbocycles. The molecule has 2 aliphatic heterocycles. The number of fused-ring (bicyclic) bond motifs is 1. The van der Waals surface area contributed by atoms with Crippen LogP contribution in [-0.4, -0.2) is 39.3 Å². The highest BCUT2D eigenvalue weighted by Crippen LogP contribution is 2.24. The van der Waals surface area contributed by atoms with E-state index in [9.17, 15) is 4.39 Å². The molecule has 0 unspecified atom stereocenters. The van der Waals surface area contributed by atoms with Gasteiger partial charge in [-0.2, -0.15) is 0 Å². The van der Waals surface area contributed by atoms with Crippen LogP contribution in [0.1, 0.15) is 36.1 Å². The number of hydrogen-bond donors (Lipinski definition) is 1. The molecule has 0 radical (unpaired) electrons. The monoisotopic (exact) mass is 391 g/mol. The Balaban J connectivity index is 1.28. The average molecular weight is 391 g/mol. The molecular weight excluding hydrogens is 365 g/mol. The number of aromatic nitrogens is 3. The first-order chi connectivity index (χ1) is 14.3. The fourth-order valence-corrected chi connectivity index (χ4v) is 4.46. The third kappa shape index (κ3) is 3.95. The summed E-state index contributed by atoms with van der Waals surface area (Å²) in [4.78, 5) is 2.49. The molecule has 1 fully saturated rings. The molecule has 1 aromatic heterocycles. The zero-order valence-electron chi connectivity index (χ0n) is 16.5. The maximum absolute atomic E-state index is 13.2. The highest BCUT2D eigenvalue weighted by molar-refractivity contribution is 5.64. The van der Waals surface area contributed by atoms with E-state index >= 15 is 0 Å². The van der Waals surface area contributed by atoms with Crippen LogP contribution >= 0.6 is 0 Å². The molecular formula is C23H26FN5. The highest BCUT2D eigenvalue weighted by atomic mass is 19.1. The normalized spacial score (nSPS) is 19.8. The van der Waals surface area contributed by atoms with Crippen LogP contribution < -0.4 is 5.32 Å². The Bertz CT molecular complexity index is 975. The predicted octanol–water partition coefficient (Wildman–Crippen LogP) is 3.57. The van der Waals surface area contributed by atoms with Crippen LogP contribution in [0.2, 0.25) is 0 Å². The van der Waals surface area contributed by atoms with Crippen LogP contribution in [0.15, 0.2) is 48.5 Å². The van der Waals surface area contributed by atoms with Gasteiger partial charge in [-0.25, -0.2) is 4.39 Å². The van der Waals surface area contributed by atoms with E-state index in [2.05, 4.69) is 49.2 Å². The van der Waals surface area contributed by atoms with E-state index < -0.39 is 0 Å². The van der Waals surface area contributed by atoms with Gasteiger partial charge in [0, 0.05) is 32.6 Å². The van der Waals surface area contributed by atoms with E-state index in [0.717, 1.165) is 68.3 Å². The number of benzene rings is 2. The molecule has 29 heavy (non-hydrogen) atoms. The first-order valence-electron chi connectivity index (χ1n) is 10.5. The highest BCUT2D eigenvalue weighted by Gasteiger charge is 2.25. The van der Waals surface area contributed by atoms with Crippen molar-refractivity contribution in [3.05, 3.63) is 71.6 Å². The van der Waals surface area contributed by atoms with Gasteiger partial charge in [-0.3, -0.25) is 4.90 Å². The Kier molecular flexibility index (Phi) is 5.12. The minimum atomic E-state index is -0.200. The van der Waals surface area contributed by atoms with Crippen molar-refractivity contribution in [2.75, 3.05) is 19.6 Å². The topological polar surface area (TPSA) is 46.0 Å². The summed E-state index contributed by atoms with van der Waals surface area (Å²) < 4.78 is 15.6. The quantitative estimate of drug-likeness (QED) is 0.739. The zero-order valence-corrected chi connectivity index (χ0v) is 16.5. The fraction of sp³-hybridized carbons (Fsp3) is 0.391. The predicted molar refractivity (Wildman–Crippen MR) is 111 cm³/mol. The lowest BCUT2D eigenvalue weighted by Crippen LogP contribution is -2.27. The number of nitrogens with one attached hydrogen (secondary N) is 1. The molecule has 1 atom stereocenters. The van der Waals surface area contributed by atoms with Crippen molar-refractivity contribution in [2.24, 2.45) is 0 Å². The summed E-state index contributed by atoms with van der Waals surface area (Å²) in [5, 5.41) is 12.5. The van der Waals surface area contributed by atoms with Gasteiger partial charge in [-0.1, -0.05) is 30.3 Å². The molecule has 6 heteroatoms. The second-order valence-electron chi connectivity index (χ2n) is 8.01. The van der Waals surface area contributed by atoms with Crippen molar-refractivity contribution in [3.63, 3.8) is 0 Å². The van der Waals surface area contributed by atoms with Gasteiger partial charge < -0.3 is 9.88 Å². The van der Waals surface area contributed by atoms with Crippen molar-refractivity contribution in [1.82, 2.24) is 25.0 Å². The molecule has 2 aliphatic rings. The summed E-state index contributed by atoms with van der Waals surface area (Å²) in [5.41, 5.74) is 3.45. The Labute approximate surface area is 170 Å². The minimum Gasteiger partial charge on any atom is -0.312 e. The van der Waals surface area contributed by atoms with Crippen LogP contribution in [0.3, 0.4) is 0 Å². The van der Waals surface area contributed by atoms with Gasteiger partial charge in [0.2, 0.25) is 0 Å². The summed E-state index contributed by atoms with van der Waals surface area (Å²) in [6.45, 7) is 4.89. The van der Waals surface area contributed by atoms with E-state index in [1.165, 1.54) is 24.1 Å². The van der Waals surface area contributed by atoms with Gasteiger partial charge in [0.1, 0.15) is 17.5 Å². The van der Waals surface area contributed by atoms with Gasteiger partial charge in [0.05, 0.1) is 6.04 Å². The summed E-state index contributed by atoms with van der Waals surface area (Å²) in [6.07, 6.45) is 3.29.